The predicted octanol–water partition coefficient (Wildman–Crippen LogP) is 0.361. The highest BCUT2D eigenvalue weighted by atomic mass is 16.5. The molecule has 2 rings (SSSR count). The van der Waals surface area contributed by atoms with Crippen molar-refractivity contribution in [1.82, 2.24) is 4.90 Å². The number of nitrogens with zero attached hydrogens (tertiary/aromatic N) is 1. The maximum absolute atomic E-state index is 12.6. The van der Waals surface area contributed by atoms with Crippen LogP contribution in [-0.4, -0.2) is 60.9 Å². The fourth-order valence-electron chi connectivity index (χ4n) is 2.78. The third kappa shape index (κ3) is 3.45. The van der Waals surface area contributed by atoms with Crippen LogP contribution in [0.1, 0.15) is 19.8 Å². The van der Waals surface area contributed by atoms with Gasteiger partial charge in [-0.1, -0.05) is 6.92 Å². The average Bonchev–Trinajstić information content (AvgIpc) is 2.38. The van der Waals surface area contributed by atoms with E-state index in [9.17, 15) is 9.59 Å². The lowest BCUT2D eigenvalue weighted by Crippen LogP contribution is -2.53. The van der Waals surface area contributed by atoms with Gasteiger partial charge in [0, 0.05) is 25.7 Å². The lowest BCUT2D eigenvalue weighted by Gasteiger charge is -2.39. The monoisotopic (exact) mass is 271 g/mol. The maximum atomic E-state index is 12.6. The van der Waals surface area contributed by atoms with Crippen LogP contribution in [0.2, 0.25) is 0 Å². The first-order valence-corrected chi connectivity index (χ1v) is 6.77. The number of morpholine rings is 1. The molecule has 2 aliphatic heterocycles. The summed E-state index contributed by atoms with van der Waals surface area (Å²) in [4.78, 5) is 25.1. The molecule has 0 aliphatic carbocycles. The molecule has 2 aliphatic rings. The molecule has 1 N–H and O–H groups in total. The second-order valence-corrected chi connectivity index (χ2v) is 5.31. The van der Waals surface area contributed by atoms with Crippen molar-refractivity contribution in [3.05, 3.63) is 0 Å². The molecule has 0 radical (unpaired) electrons. The lowest BCUT2D eigenvalue weighted by molar-refractivity contribution is -0.153. The number of rotatable bonds is 3. The van der Waals surface area contributed by atoms with Gasteiger partial charge < -0.3 is 19.5 Å². The summed E-state index contributed by atoms with van der Waals surface area (Å²) in [6, 6.07) is -0.339. The van der Waals surface area contributed by atoms with Gasteiger partial charge in [-0.25, -0.2) is 0 Å². The van der Waals surface area contributed by atoms with Crippen molar-refractivity contribution in [2.75, 3.05) is 33.0 Å². The molecule has 108 valence electrons. The molecule has 0 bridgehead atoms. The Bertz CT molecular complexity index is 346. The summed E-state index contributed by atoms with van der Waals surface area (Å²) in [5.41, 5.74) is 0. The van der Waals surface area contributed by atoms with Gasteiger partial charge in [0.25, 0.3) is 0 Å². The van der Waals surface area contributed by atoms with Crippen LogP contribution in [0.4, 0.5) is 0 Å². The van der Waals surface area contributed by atoms with Crippen molar-refractivity contribution in [3.63, 3.8) is 0 Å². The Labute approximate surface area is 112 Å². The van der Waals surface area contributed by atoms with Gasteiger partial charge in [0.1, 0.15) is 0 Å². The Hall–Kier alpha value is -1.14. The number of aliphatic carboxylic acids is 1. The van der Waals surface area contributed by atoms with Crippen molar-refractivity contribution in [1.29, 1.82) is 0 Å². The van der Waals surface area contributed by atoms with Gasteiger partial charge >= 0.3 is 5.97 Å². The number of carbonyl (C=O) groups excluding carboxylic acids is 1. The summed E-state index contributed by atoms with van der Waals surface area (Å²) in [5.74, 6) is -0.698. The molecule has 0 saturated carbocycles. The standard InChI is InChI=1S/C13H21NO5/c1-9-7-18-4-2-11(9)13(17)14-3-5-19-8-10(14)6-12(15)16/h9-11H,2-8H2,1H3,(H,15,16). The molecule has 6 heteroatoms. The van der Waals surface area contributed by atoms with E-state index in [1.165, 1.54) is 0 Å². The van der Waals surface area contributed by atoms with Crippen LogP contribution >= 0.6 is 0 Å². The quantitative estimate of drug-likeness (QED) is 0.802. The normalized spacial score (nSPS) is 32.1. The van der Waals surface area contributed by atoms with Gasteiger partial charge in [0.05, 0.1) is 25.7 Å². The second-order valence-electron chi connectivity index (χ2n) is 5.31. The molecule has 3 atom stereocenters. The number of carboxylic acid groups (broad SMARTS) is 1. The molecule has 0 aromatic rings. The van der Waals surface area contributed by atoms with Crippen LogP contribution in [0, 0.1) is 11.8 Å². The molecule has 0 aromatic carbocycles. The van der Waals surface area contributed by atoms with E-state index in [2.05, 4.69) is 0 Å². The SMILES string of the molecule is CC1COCCC1C(=O)N1CCOCC1CC(=O)O. The van der Waals surface area contributed by atoms with Gasteiger partial charge in [-0.3, -0.25) is 9.59 Å². The van der Waals surface area contributed by atoms with Gasteiger partial charge in [0.2, 0.25) is 5.91 Å². The Morgan fingerprint density at radius 3 is 2.68 bits per heavy atom. The fraction of sp³-hybridized carbons (Fsp3) is 0.846. The van der Waals surface area contributed by atoms with Crippen molar-refractivity contribution in [2.24, 2.45) is 11.8 Å². The van der Waals surface area contributed by atoms with E-state index in [0.717, 1.165) is 6.42 Å². The Morgan fingerprint density at radius 2 is 2.00 bits per heavy atom. The van der Waals surface area contributed by atoms with Gasteiger partial charge in [-0.05, 0) is 12.3 Å². The van der Waals surface area contributed by atoms with Gasteiger partial charge in [0.15, 0.2) is 0 Å². The summed E-state index contributed by atoms with van der Waals surface area (Å²) < 4.78 is 10.6. The fourth-order valence-corrected chi connectivity index (χ4v) is 2.78. The topological polar surface area (TPSA) is 76.1 Å². The number of ether oxygens (including phenoxy) is 2. The van der Waals surface area contributed by atoms with Crippen molar-refractivity contribution < 1.29 is 24.2 Å². The van der Waals surface area contributed by atoms with Gasteiger partial charge in [-0.2, -0.15) is 0 Å². The van der Waals surface area contributed by atoms with Crippen LogP contribution in [-0.2, 0) is 19.1 Å². The Kier molecular flexibility index (Phi) is 4.76. The van der Waals surface area contributed by atoms with E-state index in [1.54, 1.807) is 4.90 Å². The van der Waals surface area contributed by atoms with E-state index in [-0.39, 0.29) is 30.2 Å². The summed E-state index contributed by atoms with van der Waals surface area (Å²) in [7, 11) is 0. The number of amides is 1. The van der Waals surface area contributed by atoms with Crippen LogP contribution in [0.3, 0.4) is 0 Å². The van der Waals surface area contributed by atoms with E-state index in [4.69, 9.17) is 14.6 Å². The van der Waals surface area contributed by atoms with Crippen LogP contribution in [0.15, 0.2) is 0 Å². The first-order valence-electron chi connectivity index (χ1n) is 6.77. The maximum Gasteiger partial charge on any atom is 0.305 e. The molecule has 0 aromatic heterocycles. The molecule has 2 heterocycles. The highest BCUT2D eigenvalue weighted by Crippen LogP contribution is 2.25. The molecule has 2 saturated heterocycles. The predicted molar refractivity (Wildman–Crippen MR) is 66.7 cm³/mol. The Morgan fingerprint density at radius 1 is 1.26 bits per heavy atom. The first-order chi connectivity index (χ1) is 9.09. The van der Waals surface area contributed by atoms with Crippen LogP contribution in [0.25, 0.3) is 0 Å². The Balaban J connectivity index is 2.03. The zero-order valence-corrected chi connectivity index (χ0v) is 11.2. The molecule has 0 spiro atoms. The summed E-state index contributed by atoms with van der Waals surface area (Å²) in [6.07, 6.45) is 0.667. The van der Waals surface area contributed by atoms with Gasteiger partial charge in [-0.15, -0.1) is 0 Å². The molecular formula is C13H21NO5. The molecule has 1 amide bonds. The summed E-state index contributed by atoms with van der Waals surface area (Å²) in [5, 5.41) is 8.91. The summed E-state index contributed by atoms with van der Waals surface area (Å²) >= 11 is 0. The van der Waals surface area contributed by atoms with Crippen molar-refractivity contribution in [3.8, 4) is 0 Å². The molecule has 3 unspecified atom stereocenters. The third-order valence-electron chi connectivity index (χ3n) is 3.88. The third-order valence-corrected chi connectivity index (χ3v) is 3.88. The van der Waals surface area contributed by atoms with Crippen molar-refractivity contribution >= 4 is 11.9 Å². The highest BCUT2D eigenvalue weighted by Gasteiger charge is 2.36. The number of hydrogen-bond acceptors (Lipinski definition) is 4. The van der Waals surface area contributed by atoms with E-state index >= 15 is 0 Å². The molecular weight excluding hydrogens is 250 g/mol. The summed E-state index contributed by atoms with van der Waals surface area (Å²) in [6.45, 7) is 4.50. The second kappa shape index (κ2) is 6.34. The molecule has 6 nitrogen and oxygen atoms in total. The highest BCUT2D eigenvalue weighted by molar-refractivity contribution is 5.80. The molecule has 2 fully saturated rings. The number of carbonyl (C=O) groups is 2. The lowest BCUT2D eigenvalue weighted by atomic mass is 9.88. The van der Waals surface area contributed by atoms with Crippen molar-refractivity contribution in [2.45, 2.75) is 25.8 Å². The van der Waals surface area contributed by atoms with E-state index < -0.39 is 5.97 Å². The van der Waals surface area contributed by atoms with E-state index in [0.29, 0.717) is 33.0 Å². The molecule has 19 heavy (non-hydrogen) atoms. The smallest absolute Gasteiger partial charge is 0.305 e. The van der Waals surface area contributed by atoms with Crippen LogP contribution in [0.5, 0.6) is 0 Å². The first kappa shape index (κ1) is 14.3. The van der Waals surface area contributed by atoms with E-state index in [1.807, 2.05) is 6.92 Å². The number of hydrogen-bond donors (Lipinski definition) is 1. The largest absolute Gasteiger partial charge is 0.481 e. The minimum Gasteiger partial charge on any atom is -0.481 e. The minimum absolute atomic E-state index is 0.0522. The zero-order valence-electron chi connectivity index (χ0n) is 11.2. The number of carboxylic acids is 1. The average molecular weight is 271 g/mol. The minimum atomic E-state index is -0.895. The van der Waals surface area contributed by atoms with Crippen LogP contribution < -0.4 is 0 Å². The zero-order chi connectivity index (χ0) is 13.8.